The Morgan fingerprint density at radius 2 is 1.12 bits per heavy atom. The second kappa shape index (κ2) is 11.1. The first-order valence-corrected chi connectivity index (χ1v) is 7.48. The molecule has 0 aliphatic carbocycles. The summed E-state index contributed by atoms with van der Waals surface area (Å²) in [7, 11) is 0. The molecule has 0 aromatic carbocycles. The van der Waals surface area contributed by atoms with Crippen LogP contribution >= 0.6 is 0 Å². The topological polar surface area (TPSA) is 0 Å². The normalized spacial score (nSPS) is 11.3. The Morgan fingerprint density at radius 3 is 1.12 bits per heavy atom. The van der Waals surface area contributed by atoms with Gasteiger partial charge in [0.1, 0.15) is 0 Å². The van der Waals surface area contributed by atoms with Crippen molar-refractivity contribution in [1.82, 2.24) is 0 Å². The fourth-order valence-corrected chi connectivity index (χ4v) is 1.97. The smallest absolute Gasteiger partial charge is 0.0380 e. The summed E-state index contributed by atoms with van der Waals surface area (Å²) in [5, 5.41) is 0. The number of rotatable bonds is 2. The van der Waals surface area contributed by atoms with Gasteiger partial charge in [-0.25, -0.2) is 0 Å². The van der Waals surface area contributed by atoms with Crippen LogP contribution in [0.5, 0.6) is 0 Å². The van der Waals surface area contributed by atoms with Crippen LogP contribution in [-0.2, 0) is 0 Å². The van der Waals surface area contributed by atoms with Crippen molar-refractivity contribution in [3.05, 3.63) is 0 Å². The van der Waals surface area contributed by atoms with E-state index >= 15 is 0 Å². The third kappa shape index (κ3) is 38.7. The maximum atomic E-state index is 2.28. The van der Waals surface area contributed by atoms with E-state index in [1.165, 1.54) is 19.3 Å². The lowest BCUT2D eigenvalue weighted by Crippen LogP contribution is -2.08. The van der Waals surface area contributed by atoms with Gasteiger partial charge in [0.05, 0.1) is 0 Å². The van der Waals surface area contributed by atoms with Crippen LogP contribution < -0.4 is 0 Å². The van der Waals surface area contributed by atoms with Gasteiger partial charge in [-0.3, -0.25) is 0 Å². The SMILES string of the molecule is CC.CC(C)CC(C)(C)C.CCCC(C)(C)C. The van der Waals surface area contributed by atoms with E-state index in [0.29, 0.717) is 10.8 Å². The molecule has 0 atom stereocenters. The molecule has 0 spiro atoms. The summed E-state index contributed by atoms with van der Waals surface area (Å²) in [6, 6.07) is 0. The summed E-state index contributed by atoms with van der Waals surface area (Å²) >= 11 is 0. The van der Waals surface area contributed by atoms with Crippen LogP contribution in [0.3, 0.4) is 0 Å². The summed E-state index contributed by atoms with van der Waals surface area (Å²) < 4.78 is 0. The summed E-state index contributed by atoms with van der Waals surface area (Å²) in [5.41, 5.74) is 1.07. The van der Waals surface area contributed by atoms with Gasteiger partial charge in [-0.05, 0) is 29.6 Å². The van der Waals surface area contributed by atoms with Gasteiger partial charge in [0.15, 0.2) is 0 Å². The molecule has 0 saturated heterocycles. The summed E-state index contributed by atoms with van der Waals surface area (Å²) in [4.78, 5) is 0. The van der Waals surface area contributed by atoms with Gasteiger partial charge in [-0.2, -0.15) is 0 Å². The van der Waals surface area contributed by atoms with Crippen LogP contribution in [0.15, 0.2) is 0 Å². The van der Waals surface area contributed by atoms with Crippen molar-refractivity contribution in [3.63, 3.8) is 0 Å². The van der Waals surface area contributed by atoms with Crippen molar-refractivity contribution in [2.75, 3.05) is 0 Å². The van der Waals surface area contributed by atoms with E-state index in [4.69, 9.17) is 0 Å². The molecule has 0 bridgehead atoms. The van der Waals surface area contributed by atoms with Crippen molar-refractivity contribution in [2.45, 2.75) is 95.4 Å². The molecule has 0 fully saturated rings. The summed E-state index contributed by atoms with van der Waals surface area (Å²) in [5.74, 6) is 0.843. The zero-order chi connectivity index (χ0) is 14.7. The highest BCUT2D eigenvalue weighted by Gasteiger charge is 2.11. The van der Waals surface area contributed by atoms with Crippen molar-refractivity contribution >= 4 is 0 Å². The molecule has 0 heterocycles. The van der Waals surface area contributed by atoms with E-state index in [0.717, 1.165) is 5.92 Å². The van der Waals surface area contributed by atoms with E-state index in [2.05, 4.69) is 62.3 Å². The lowest BCUT2D eigenvalue weighted by molar-refractivity contribution is 0.320. The highest BCUT2D eigenvalue weighted by atomic mass is 14.2. The average molecular weight is 245 g/mol. The second-order valence-electron chi connectivity index (χ2n) is 7.47. The first kappa shape index (κ1) is 22.2. The lowest BCUT2D eigenvalue weighted by Gasteiger charge is -2.19. The molecule has 0 amide bonds. The van der Waals surface area contributed by atoms with E-state index < -0.39 is 0 Å². The second-order valence-corrected chi connectivity index (χ2v) is 7.47. The molecule has 0 aromatic heterocycles. The minimum absolute atomic E-state index is 0.522. The molecule has 0 radical (unpaired) electrons. The minimum atomic E-state index is 0.522. The molecule has 17 heavy (non-hydrogen) atoms. The molecule has 0 N–H and O–H groups in total. The maximum absolute atomic E-state index is 2.28. The van der Waals surface area contributed by atoms with E-state index in [-0.39, 0.29) is 0 Å². The third-order valence-electron chi connectivity index (χ3n) is 2.02. The summed E-state index contributed by atoms with van der Waals surface area (Å²) in [6.45, 7) is 24.4. The molecule has 0 heteroatoms. The predicted molar refractivity (Wildman–Crippen MR) is 84.6 cm³/mol. The Morgan fingerprint density at radius 1 is 0.765 bits per heavy atom. The predicted octanol–water partition coefficient (Wildman–Crippen LogP) is 6.94. The van der Waals surface area contributed by atoms with Crippen LogP contribution in [-0.4, -0.2) is 0 Å². The van der Waals surface area contributed by atoms with Gasteiger partial charge < -0.3 is 0 Å². The number of hydrogen-bond donors (Lipinski definition) is 0. The Balaban J connectivity index is -0.000000202. The standard InChI is InChI=1S/C8H18.C7H16.C2H6/c1-7(2)6-8(3,4)5;1-5-6-7(2,3)4;1-2/h7H,6H2,1-5H3;5-6H2,1-4H3;1-2H3. The van der Waals surface area contributed by atoms with Gasteiger partial charge in [0.25, 0.3) is 0 Å². The molecular weight excluding hydrogens is 204 g/mol. The molecule has 108 valence electrons. The fraction of sp³-hybridized carbons (Fsp3) is 1.00. The average Bonchev–Trinajstić information content (AvgIpc) is 2.01. The molecule has 0 aromatic rings. The first-order chi connectivity index (χ1) is 7.48. The fourth-order valence-electron chi connectivity index (χ4n) is 1.97. The Hall–Kier alpha value is 0. The molecule has 0 rings (SSSR count). The van der Waals surface area contributed by atoms with Crippen molar-refractivity contribution in [1.29, 1.82) is 0 Å². The van der Waals surface area contributed by atoms with Gasteiger partial charge in [-0.1, -0.05) is 82.6 Å². The van der Waals surface area contributed by atoms with Crippen molar-refractivity contribution < 1.29 is 0 Å². The first-order valence-electron chi connectivity index (χ1n) is 7.48. The van der Waals surface area contributed by atoms with Crippen LogP contribution in [0, 0.1) is 16.7 Å². The van der Waals surface area contributed by atoms with Gasteiger partial charge in [0.2, 0.25) is 0 Å². The molecule has 0 nitrogen and oxygen atoms in total. The van der Waals surface area contributed by atoms with E-state index in [1.807, 2.05) is 13.8 Å². The Kier molecular flexibility index (Phi) is 14.5. The lowest BCUT2D eigenvalue weighted by atomic mass is 9.86. The van der Waals surface area contributed by atoms with Crippen LogP contribution in [0.4, 0.5) is 0 Å². The minimum Gasteiger partial charge on any atom is -0.0683 e. The van der Waals surface area contributed by atoms with Crippen molar-refractivity contribution in [3.8, 4) is 0 Å². The van der Waals surface area contributed by atoms with Gasteiger partial charge in [-0.15, -0.1) is 0 Å². The third-order valence-corrected chi connectivity index (χ3v) is 2.02. The largest absolute Gasteiger partial charge is 0.0683 e. The maximum Gasteiger partial charge on any atom is -0.0380 e. The molecular formula is C17H40. The Labute approximate surface area is 113 Å². The van der Waals surface area contributed by atoms with Crippen LogP contribution in [0.25, 0.3) is 0 Å². The quantitative estimate of drug-likeness (QED) is 0.493. The summed E-state index contributed by atoms with van der Waals surface area (Å²) in [6.07, 6.45) is 3.98. The Bertz CT molecular complexity index is 129. The molecule has 0 aliphatic rings. The molecule has 0 saturated carbocycles. The zero-order valence-corrected chi connectivity index (χ0v) is 14.7. The highest BCUT2D eigenvalue weighted by Crippen LogP contribution is 2.23. The molecule has 0 unspecified atom stereocenters. The van der Waals surface area contributed by atoms with Gasteiger partial charge >= 0.3 is 0 Å². The zero-order valence-electron chi connectivity index (χ0n) is 14.7. The van der Waals surface area contributed by atoms with E-state index in [1.54, 1.807) is 0 Å². The highest BCUT2D eigenvalue weighted by molar-refractivity contribution is 4.62. The monoisotopic (exact) mass is 244 g/mol. The van der Waals surface area contributed by atoms with Crippen LogP contribution in [0.2, 0.25) is 0 Å². The van der Waals surface area contributed by atoms with Gasteiger partial charge in [0, 0.05) is 0 Å². The molecule has 0 aliphatic heterocycles. The van der Waals surface area contributed by atoms with Crippen molar-refractivity contribution in [2.24, 2.45) is 16.7 Å². The van der Waals surface area contributed by atoms with Crippen LogP contribution in [0.1, 0.15) is 95.4 Å². The van der Waals surface area contributed by atoms with E-state index in [9.17, 15) is 0 Å². The number of hydrogen-bond acceptors (Lipinski definition) is 0.